The van der Waals surface area contributed by atoms with Crippen LogP contribution >= 0.6 is 0 Å². The van der Waals surface area contributed by atoms with E-state index in [1.54, 1.807) is 7.05 Å². The van der Waals surface area contributed by atoms with E-state index in [4.69, 9.17) is 0 Å². The van der Waals surface area contributed by atoms with Crippen LogP contribution in [0.2, 0.25) is 0 Å². The monoisotopic (exact) mass is 177 g/mol. The van der Waals surface area contributed by atoms with Crippen LogP contribution in [-0.4, -0.2) is 32.5 Å². The quantitative estimate of drug-likeness (QED) is 0.654. The normalized spacial score (nSPS) is 32.0. The Kier molecular flexibility index (Phi) is 2.54. The fraction of sp³-hybridized carbons (Fsp3) is 1.00. The fourth-order valence-electron chi connectivity index (χ4n) is 1.56. The number of nitrogens with one attached hydrogen (secondary N) is 1. The predicted octanol–water partition coefficient (Wildman–Crippen LogP) is 0.172. The minimum atomic E-state index is -2.76. The summed E-state index contributed by atoms with van der Waals surface area (Å²) in [6, 6.07) is 0.0995. The van der Waals surface area contributed by atoms with Crippen LogP contribution in [-0.2, 0) is 9.84 Å². The first-order valence-electron chi connectivity index (χ1n) is 3.97. The lowest BCUT2D eigenvalue weighted by molar-refractivity contribution is 0.530. The summed E-state index contributed by atoms with van der Waals surface area (Å²) in [4.78, 5) is 0. The lowest BCUT2D eigenvalue weighted by atomic mass is 10.1. The molecule has 0 aliphatic carbocycles. The highest BCUT2D eigenvalue weighted by molar-refractivity contribution is 7.92. The van der Waals surface area contributed by atoms with Gasteiger partial charge in [-0.25, -0.2) is 8.42 Å². The summed E-state index contributed by atoms with van der Waals surface area (Å²) in [6.45, 7) is 1.92. The van der Waals surface area contributed by atoms with Crippen molar-refractivity contribution in [3.05, 3.63) is 0 Å². The van der Waals surface area contributed by atoms with Crippen LogP contribution in [0.25, 0.3) is 0 Å². The summed E-state index contributed by atoms with van der Waals surface area (Å²) in [6.07, 6.45) is 1.66. The zero-order valence-electron chi connectivity index (χ0n) is 7.00. The Labute approximate surface area is 68.1 Å². The fourth-order valence-corrected chi connectivity index (χ4v) is 3.72. The van der Waals surface area contributed by atoms with Gasteiger partial charge in [0.1, 0.15) is 0 Å². The van der Waals surface area contributed by atoms with Gasteiger partial charge in [-0.15, -0.1) is 0 Å². The average molecular weight is 177 g/mol. The van der Waals surface area contributed by atoms with Crippen molar-refractivity contribution in [3.8, 4) is 0 Å². The second-order valence-electron chi connectivity index (χ2n) is 3.13. The molecule has 1 heterocycles. The van der Waals surface area contributed by atoms with Crippen molar-refractivity contribution in [1.29, 1.82) is 0 Å². The predicted molar refractivity (Wildman–Crippen MR) is 45.3 cm³/mol. The summed E-state index contributed by atoms with van der Waals surface area (Å²) in [5.41, 5.74) is 0. The van der Waals surface area contributed by atoms with Crippen LogP contribution in [0.4, 0.5) is 0 Å². The number of sulfone groups is 1. The number of rotatable bonds is 2. The molecular formula is C7H15NO2S. The zero-order valence-corrected chi connectivity index (χ0v) is 7.82. The summed E-state index contributed by atoms with van der Waals surface area (Å²) in [5.74, 6) is 0.379. The average Bonchev–Trinajstić information content (AvgIpc) is 2.28. The molecule has 0 aromatic heterocycles. The Hall–Kier alpha value is -0.0900. The highest BCUT2D eigenvalue weighted by atomic mass is 32.2. The minimum Gasteiger partial charge on any atom is -0.316 e. The SMILES string of the molecule is CNC(C)C1CCCS1(=O)=O. The van der Waals surface area contributed by atoms with E-state index in [-0.39, 0.29) is 11.3 Å². The molecule has 0 aromatic carbocycles. The second kappa shape index (κ2) is 3.11. The van der Waals surface area contributed by atoms with Gasteiger partial charge in [-0.2, -0.15) is 0 Å². The lowest BCUT2D eigenvalue weighted by Crippen LogP contribution is -2.37. The third-order valence-corrected chi connectivity index (χ3v) is 4.82. The van der Waals surface area contributed by atoms with Gasteiger partial charge in [0.25, 0.3) is 0 Å². The molecule has 1 saturated heterocycles. The van der Waals surface area contributed by atoms with E-state index in [9.17, 15) is 8.42 Å². The van der Waals surface area contributed by atoms with Crippen molar-refractivity contribution in [2.24, 2.45) is 0 Å². The maximum Gasteiger partial charge on any atom is 0.154 e. The molecule has 66 valence electrons. The van der Waals surface area contributed by atoms with Gasteiger partial charge in [-0.1, -0.05) is 0 Å². The third kappa shape index (κ3) is 1.73. The molecule has 0 spiro atoms. The van der Waals surface area contributed by atoms with E-state index in [1.807, 2.05) is 6.92 Å². The van der Waals surface area contributed by atoms with Gasteiger partial charge in [0.05, 0.1) is 11.0 Å². The Morgan fingerprint density at radius 2 is 2.18 bits per heavy atom. The Bertz CT molecular complexity index is 223. The molecule has 1 rings (SSSR count). The Balaban J connectivity index is 2.73. The summed E-state index contributed by atoms with van der Waals surface area (Å²) < 4.78 is 22.6. The molecule has 0 radical (unpaired) electrons. The Morgan fingerprint density at radius 1 is 1.55 bits per heavy atom. The van der Waals surface area contributed by atoms with Crippen LogP contribution in [0.15, 0.2) is 0 Å². The molecule has 2 unspecified atom stereocenters. The maximum atomic E-state index is 11.3. The van der Waals surface area contributed by atoms with Gasteiger partial charge < -0.3 is 5.32 Å². The van der Waals surface area contributed by atoms with Crippen molar-refractivity contribution in [2.45, 2.75) is 31.1 Å². The summed E-state index contributed by atoms with van der Waals surface area (Å²) >= 11 is 0. The molecular weight excluding hydrogens is 162 g/mol. The molecule has 0 saturated carbocycles. The maximum absolute atomic E-state index is 11.3. The van der Waals surface area contributed by atoms with E-state index >= 15 is 0 Å². The number of hydrogen-bond acceptors (Lipinski definition) is 3. The van der Waals surface area contributed by atoms with Crippen LogP contribution in [0.1, 0.15) is 19.8 Å². The summed E-state index contributed by atoms with van der Waals surface area (Å²) in [5, 5.41) is 2.84. The van der Waals surface area contributed by atoms with Gasteiger partial charge in [0.2, 0.25) is 0 Å². The van der Waals surface area contributed by atoms with E-state index in [1.165, 1.54) is 0 Å². The van der Waals surface area contributed by atoms with Crippen molar-refractivity contribution in [1.82, 2.24) is 5.32 Å². The van der Waals surface area contributed by atoms with Gasteiger partial charge in [-0.3, -0.25) is 0 Å². The van der Waals surface area contributed by atoms with Gasteiger partial charge in [0, 0.05) is 6.04 Å². The molecule has 0 aromatic rings. The molecule has 0 bridgehead atoms. The van der Waals surface area contributed by atoms with Crippen molar-refractivity contribution in [2.75, 3.05) is 12.8 Å². The molecule has 4 heteroatoms. The van der Waals surface area contributed by atoms with E-state index in [0.29, 0.717) is 5.75 Å². The molecule has 3 nitrogen and oxygen atoms in total. The molecule has 1 N–H and O–H groups in total. The zero-order chi connectivity index (χ0) is 8.48. The molecule has 1 aliphatic rings. The second-order valence-corrected chi connectivity index (χ2v) is 5.46. The lowest BCUT2D eigenvalue weighted by Gasteiger charge is -2.16. The molecule has 0 amide bonds. The minimum absolute atomic E-state index is 0.0995. The first-order chi connectivity index (χ1) is 5.08. The smallest absolute Gasteiger partial charge is 0.154 e. The Morgan fingerprint density at radius 3 is 2.55 bits per heavy atom. The van der Waals surface area contributed by atoms with Crippen LogP contribution in [0.3, 0.4) is 0 Å². The van der Waals surface area contributed by atoms with E-state index in [2.05, 4.69) is 5.32 Å². The van der Waals surface area contributed by atoms with Crippen molar-refractivity contribution >= 4 is 9.84 Å². The molecule has 1 aliphatic heterocycles. The molecule has 11 heavy (non-hydrogen) atoms. The van der Waals surface area contributed by atoms with Crippen molar-refractivity contribution in [3.63, 3.8) is 0 Å². The third-order valence-electron chi connectivity index (χ3n) is 2.39. The topological polar surface area (TPSA) is 46.2 Å². The highest BCUT2D eigenvalue weighted by Crippen LogP contribution is 2.22. The van der Waals surface area contributed by atoms with Crippen LogP contribution in [0.5, 0.6) is 0 Å². The van der Waals surface area contributed by atoms with Crippen LogP contribution < -0.4 is 5.32 Å². The van der Waals surface area contributed by atoms with Gasteiger partial charge in [0.15, 0.2) is 9.84 Å². The first kappa shape index (κ1) is 9.00. The van der Waals surface area contributed by atoms with E-state index < -0.39 is 9.84 Å². The highest BCUT2D eigenvalue weighted by Gasteiger charge is 2.34. The summed E-state index contributed by atoms with van der Waals surface area (Å²) in [7, 11) is -0.957. The first-order valence-corrected chi connectivity index (χ1v) is 5.68. The molecule has 2 atom stereocenters. The van der Waals surface area contributed by atoms with Gasteiger partial charge in [-0.05, 0) is 26.8 Å². The number of hydrogen-bond donors (Lipinski definition) is 1. The standard InChI is InChI=1S/C7H15NO2S/c1-6(8-2)7-4-3-5-11(7,9)10/h6-8H,3-5H2,1-2H3. The van der Waals surface area contributed by atoms with Crippen LogP contribution in [0, 0.1) is 0 Å². The van der Waals surface area contributed by atoms with Gasteiger partial charge >= 0.3 is 0 Å². The molecule has 1 fully saturated rings. The van der Waals surface area contributed by atoms with E-state index in [0.717, 1.165) is 12.8 Å². The largest absolute Gasteiger partial charge is 0.316 e. The van der Waals surface area contributed by atoms with Crippen molar-refractivity contribution < 1.29 is 8.42 Å².